The van der Waals surface area contributed by atoms with Crippen molar-refractivity contribution in [2.24, 2.45) is 0 Å². The highest BCUT2D eigenvalue weighted by atomic mass is 16.5. The number of H-pyrrole nitrogens is 1. The molecule has 1 aliphatic heterocycles. The minimum absolute atomic E-state index is 0.121. The number of nitrogens with zero attached hydrogens (tertiary/aromatic N) is 1. The molecule has 0 spiro atoms. The fourth-order valence-electron chi connectivity index (χ4n) is 2.83. The predicted molar refractivity (Wildman–Crippen MR) is 78.6 cm³/mol. The number of aromatic amines is 1. The molecule has 3 N–H and O–H groups in total. The highest BCUT2D eigenvalue weighted by Crippen LogP contribution is 2.26. The lowest BCUT2D eigenvalue weighted by atomic mass is 9.86. The Morgan fingerprint density at radius 1 is 1.32 bits per heavy atom. The van der Waals surface area contributed by atoms with Gasteiger partial charge in [-0.3, -0.25) is 14.7 Å². The fourth-order valence-corrected chi connectivity index (χ4v) is 2.83. The lowest BCUT2D eigenvalue weighted by Gasteiger charge is -2.36. The number of nitrogens with one attached hydrogen (secondary N) is 2. The van der Waals surface area contributed by atoms with Gasteiger partial charge in [0.2, 0.25) is 0 Å². The minimum atomic E-state index is -0.936. The zero-order chi connectivity index (χ0) is 15.6. The molecule has 0 bridgehead atoms. The number of hydrogen-bond acceptors (Lipinski definition) is 4. The largest absolute Gasteiger partial charge is 0.481 e. The van der Waals surface area contributed by atoms with Gasteiger partial charge < -0.3 is 15.2 Å². The Morgan fingerprint density at radius 2 is 2.05 bits per heavy atom. The molecule has 1 fully saturated rings. The first-order valence-electron chi connectivity index (χ1n) is 7.15. The van der Waals surface area contributed by atoms with Crippen molar-refractivity contribution in [3.63, 3.8) is 0 Å². The Morgan fingerprint density at radius 3 is 2.77 bits per heavy atom. The summed E-state index contributed by atoms with van der Waals surface area (Å²) in [7, 11) is 0. The van der Waals surface area contributed by atoms with Crippen LogP contribution in [0.2, 0.25) is 0 Å². The van der Waals surface area contributed by atoms with Crippen LogP contribution in [0.5, 0.6) is 0 Å². The fraction of sp³-hybridized carbons (Fsp3) is 0.400. The molecule has 0 aliphatic carbocycles. The quantitative estimate of drug-likeness (QED) is 0.790. The average Bonchev–Trinajstić information content (AvgIpc) is 2.91. The second-order valence-corrected chi connectivity index (χ2v) is 5.54. The molecular weight excluding hydrogens is 286 g/mol. The third kappa shape index (κ3) is 2.80. The first-order chi connectivity index (χ1) is 10.6. The molecule has 3 rings (SSSR count). The minimum Gasteiger partial charge on any atom is -0.481 e. The van der Waals surface area contributed by atoms with Crippen LogP contribution in [0.25, 0.3) is 10.9 Å². The highest BCUT2D eigenvalue weighted by molar-refractivity contribution is 6.05. The van der Waals surface area contributed by atoms with E-state index in [9.17, 15) is 9.59 Å². The number of aromatic nitrogens is 2. The number of ether oxygens (including phenoxy) is 1. The number of hydrogen-bond donors (Lipinski definition) is 3. The van der Waals surface area contributed by atoms with E-state index in [0.717, 1.165) is 10.9 Å². The summed E-state index contributed by atoms with van der Waals surface area (Å²) in [5, 5.41) is 19.6. The standard InChI is InChI=1S/C15H17N3O4/c19-12(20)9-15(5-7-22-8-6-15)16-14(21)13-10-3-1-2-4-11(10)17-18-13/h1-4H,5-9H2,(H,16,21)(H,17,18)(H,19,20). The number of rotatable bonds is 4. The molecule has 0 unspecified atom stereocenters. The molecular formula is C15H17N3O4. The van der Waals surface area contributed by atoms with E-state index in [0.29, 0.717) is 26.1 Å². The number of carbonyl (C=O) groups is 2. The second kappa shape index (κ2) is 5.76. The van der Waals surface area contributed by atoms with Crippen LogP contribution < -0.4 is 5.32 Å². The molecule has 1 aromatic heterocycles. The maximum Gasteiger partial charge on any atom is 0.305 e. The molecule has 2 aromatic rings. The summed E-state index contributed by atoms with van der Waals surface area (Å²) >= 11 is 0. The summed E-state index contributed by atoms with van der Waals surface area (Å²) in [6, 6.07) is 7.32. The van der Waals surface area contributed by atoms with Crippen molar-refractivity contribution in [3.05, 3.63) is 30.0 Å². The Balaban J connectivity index is 1.86. The normalized spacial score (nSPS) is 17.3. The van der Waals surface area contributed by atoms with Gasteiger partial charge in [-0.25, -0.2) is 0 Å². The maximum absolute atomic E-state index is 12.5. The summed E-state index contributed by atoms with van der Waals surface area (Å²) < 4.78 is 5.28. The summed E-state index contributed by atoms with van der Waals surface area (Å²) in [4.78, 5) is 23.7. The number of benzene rings is 1. The van der Waals surface area contributed by atoms with Crippen LogP contribution in [0.4, 0.5) is 0 Å². The molecule has 7 heteroatoms. The number of carboxylic acid groups (broad SMARTS) is 1. The summed E-state index contributed by atoms with van der Waals surface area (Å²) in [6.07, 6.45) is 0.839. The van der Waals surface area contributed by atoms with E-state index in [1.54, 1.807) is 0 Å². The molecule has 22 heavy (non-hydrogen) atoms. The van der Waals surface area contributed by atoms with Crippen LogP contribution >= 0.6 is 0 Å². The van der Waals surface area contributed by atoms with Gasteiger partial charge >= 0.3 is 5.97 Å². The van der Waals surface area contributed by atoms with Crippen molar-refractivity contribution in [1.82, 2.24) is 15.5 Å². The van der Waals surface area contributed by atoms with Crippen molar-refractivity contribution in [2.75, 3.05) is 13.2 Å². The second-order valence-electron chi connectivity index (χ2n) is 5.54. The van der Waals surface area contributed by atoms with Crippen LogP contribution in [0.1, 0.15) is 29.8 Å². The Hall–Kier alpha value is -2.41. The highest BCUT2D eigenvalue weighted by Gasteiger charge is 2.37. The first kappa shape index (κ1) is 14.5. The van der Waals surface area contributed by atoms with Crippen molar-refractivity contribution >= 4 is 22.8 Å². The molecule has 116 valence electrons. The zero-order valence-corrected chi connectivity index (χ0v) is 12.0. The third-order valence-electron chi connectivity index (χ3n) is 4.00. The van der Waals surface area contributed by atoms with E-state index >= 15 is 0 Å². The number of fused-ring (bicyclic) bond motifs is 1. The van der Waals surface area contributed by atoms with Crippen LogP contribution in [0.3, 0.4) is 0 Å². The maximum atomic E-state index is 12.5. The van der Waals surface area contributed by atoms with Crippen molar-refractivity contribution in [2.45, 2.75) is 24.8 Å². The molecule has 7 nitrogen and oxygen atoms in total. The molecule has 0 atom stereocenters. The van der Waals surface area contributed by atoms with Gasteiger partial charge in [-0.2, -0.15) is 5.10 Å². The van der Waals surface area contributed by atoms with E-state index in [-0.39, 0.29) is 18.0 Å². The molecule has 1 aliphatic rings. The van der Waals surface area contributed by atoms with Gasteiger partial charge in [-0.05, 0) is 18.9 Å². The monoisotopic (exact) mass is 303 g/mol. The molecule has 0 saturated carbocycles. The van der Waals surface area contributed by atoms with Crippen LogP contribution in [0.15, 0.2) is 24.3 Å². The van der Waals surface area contributed by atoms with Gasteiger partial charge in [0.25, 0.3) is 5.91 Å². The summed E-state index contributed by atoms with van der Waals surface area (Å²) in [5.41, 5.74) is 0.278. The van der Waals surface area contributed by atoms with Gasteiger partial charge in [0.1, 0.15) is 0 Å². The number of para-hydroxylation sites is 1. The summed E-state index contributed by atoms with van der Waals surface area (Å²) in [5.74, 6) is -1.30. The summed E-state index contributed by atoms with van der Waals surface area (Å²) in [6.45, 7) is 0.879. The number of carbonyl (C=O) groups excluding carboxylic acids is 1. The molecule has 1 aromatic carbocycles. The van der Waals surface area contributed by atoms with Gasteiger partial charge in [-0.15, -0.1) is 0 Å². The van der Waals surface area contributed by atoms with Gasteiger partial charge in [0.15, 0.2) is 5.69 Å². The number of carboxylic acids is 1. The van der Waals surface area contributed by atoms with E-state index in [1.807, 2.05) is 24.3 Å². The molecule has 2 heterocycles. The third-order valence-corrected chi connectivity index (χ3v) is 4.00. The van der Waals surface area contributed by atoms with Crippen molar-refractivity contribution < 1.29 is 19.4 Å². The Labute approximate surface area is 126 Å². The number of amides is 1. The van der Waals surface area contributed by atoms with Gasteiger partial charge in [0.05, 0.1) is 17.5 Å². The van der Waals surface area contributed by atoms with E-state index in [2.05, 4.69) is 15.5 Å². The molecule has 1 saturated heterocycles. The lowest BCUT2D eigenvalue weighted by molar-refractivity contribution is -0.139. The SMILES string of the molecule is O=C(O)CC1(NC(=O)c2n[nH]c3ccccc23)CCOCC1. The van der Waals surface area contributed by atoms with Crippen molar-refractivity contribution in [1.29, 1.82) is 0 Å². The van der Waals surface area contributed by atoms with Gasteiger partial charge in [-0.1, -0.05) is 18.2 Å². The molecule has 1 amide bonds. The van der Waals surface area contributed by atoms with Gasteiger partial charge in [0, 0.05) is 18.6 Å². The lowest BCUT2D eigenvalue weighted by Crippen LogP contribution is -2.53. The topological polar surface area (TPSA) is 104 Å². The average molecular weight is 303 g/mol. The van der Waals surface area contributed by atoms with E-state index in [4.69, 9.17) is 9.84 Å². The molecule has 0 radical (unpaired) electrons. The van der Waals surface area contributed by atoms with Crippen LogP contribution in [-0.4, -0.2) is 45.9 Å². The van der Waals surface area contributed by atoms with Crippen LogP contribution in [0, 0.1) is 0 Å². The Kier molecular flexibility index (Phi) is 3.81. The van der Waals surface area contributed by atoms with Crippen LogP contribution in [-0.2, 0) is 9.53 Å². The Bertz CT molecular complexity index is 704. The van der Waals surface area contributed by atoms with E-state index < -0.39 is 11.5 Å². The smallest absolute Gasteiger partial charge is 0.305 e. The first-order valence-corrected chi connectivity index (χ1v) is 7.15. The predicted octanol–water partition coefficient (Wildman–Crippen LogP) is 1.32. The van der Waals surface area contributed by atoms with E-state index in [1.165, 1.54) is 0 Å². The van der Waals surface area contributed by atoms with Crippen molar-refractivity contribution in [3.8, 4) is 0 Å². The zero-order valence-electron chi connectivity index (χ0n) is 12.0. The number of aliphatic carboxylic acids is 1.